The van der Waals surface area contributed by atoms with Crippen LogP contribution in [0.3, 0.4) is 0 Å². The normalized spacial score (nSPS) is 14.3. The summed E-state index contributed by atoms with van der Waals surface area (Å²) >= 11 is 0. The second kappa shape index (κ2) is 8.91. The monoisotopic (exact) mass is 330 g/mol. The summed E-state index contributed by atoms with van der Waals surface area (Å²) in [5.74, 6) is -0.432. The Morgan fingerprint density at radius 1 is 1.26 bits per heavy atom. The molecule has 1 aromatic carbocycles. The molecule has 0 saturated carbocycles. The van der Waals surface area contributed by atoms with Crippen molar-refractivity contribution in [3.05, 3.63) is 35.4 Å². The predicted octanol–water partition coefficient (Wildman–Crippen LogP) is 3.52. The first-order valence-corrected chi connectivity index (χ1v) is 7.94. The number of benzene rings is 1. The summed E-state index contributed by atoms with van der Waals surface area (Å²) in [4.78, 5) is 12.2. The van der Waals surface area contributed by atoms with Gasteiger partial charge in [-0.15, -0.1) is 0 Å². The van der Waals surface area contributed by atoms with Crippen LogP contribution in [0.1, 0.15) is 44.2 Å². The third-order valence-electron chi connectivity index (χ3n) is 3.81. The molecule has 3 N–H and O–H groups in total. The number of hydrogen-bond acceptors (Lipinski definition) is 2. The van der Waals surface area contributed by atoms with Gasteiger partial charge in [-0.25, -0.2) is 0 Å². The third kappa shape index (κ3) is 6.60. The number of nitrogens with two attached hydrogens (primary N) is 1. The van der Waals surface area contributed by atoms with E-state index in [1.165, 1.54) is 12.1 Å². The van der Waals surface area contributed by atoms with Crippen LogP contribution >= 0.6 is 0 Å². The molecule has 3 nitrogen and oxygen atoms in total. The average molecular weight is 330 g/mol. The number of unbranched alkanes of at least 4 members (excludes halogenated alkanes) is 1. The second-order valence-corrected chi connectivity index (χ2v) is 5.88. The summed E-state index contributed by atoms with van der Waals surface area (Å²) in [5.41, 5.74) is 5.68. The smallest absolute Gasteiger partial charge is 0.352 e. The first-order chi connectivity index (χ1) is 10.8. The van der Waals surface area contributed by atoms with Crippen LogP contribution < -0.4 is 11.1 Å². The molecule has 1 amide bonds. The molecule has 0 fully saturated rings. The Hall–Kier alpha value is -1.56. The van der Waals surface area contributed by atoms with E-state index in [9.17, 15) is 18.0 Å². The summed E-state index contributed by atoms with van der Waals surface area (Å²) in [7, 11) is 0. The molecule has 0 saturated heterocycles. The Bertz CT molecular complexity index is 486. The number of nitrogens with one attached hydrogen (secondary N) is 1. The van der Waals surface area contributed by atoms with Crippen LogP contribution in [-0.4, -0.2) is 18.5 Å². The summed E-state index contributed by atoms with van der Waals surface area (Å²) in [5, 5.41) is 2.91. The molecular formula is C17H25F3N2O. The summed E-state index contributed by atoms with van der Waals surface area (Å²) in [6.07, 6.45) is -1.07. The van der Waals surface area contributed by atoms with Crippen molar-refractivity contribution in [1.82, 2.24) is 5.32 Å². The maximum Gasteiger partial charge on any atom is 0.416 e. The van der Waals surface area contributed by atoms with Crippen LogP contribution in [0.25, 0.3) is 0 Å². The number of carbonyl (C=O) groups is 1. The molecule has 0 spiro atoms. The summed E-state index contributed by atoms with van der Waals surface area (Å²) in [6, 6.07) is 4.89. The van der Waals surface area contributed by atoms with Crippen molar-refractivity contribution < 1.29 is 18.0 Å². The van der Waals surface area contributed by atoms with E-state index in [1.54, 1.807) is 6.92 Å². The first kappa shape index (κ1) is 19.5. The Labute approximate surface area is 135 Å². The molecule has 2 unspecified atom stereocenters. The highest BCUT2D eigenvalue weighted by atomic mass is 19.4. The molecule has 0 radical (unpaired) electrons. The van der Waals surface area contributed by atoms with Gasteiger partial charge in [0.05, 0.1) is 5.56 Å². The van der Waals surface area contributed by atoms with Gasteiger partial charge in [0.1, 0.15) is 0 Å². The molecule has 0 bridgehead atoms. The van der Waals surface area contributed by atoms with E-state index >= 15 is 0 Å². The van der Waals surface area contributed by atoms with E-state index in [0.29, 0.717) is 18.5 Å². The van der Waals surface area contributed by atoms with Crippen LogP contribution in [0.15, 0.2) is 24.3 Å². The maximum absolute atomic E-state index is 12.5. The molecule has 0 aliphatic heterocycles. The number of alkyl halides is 3. The number of rotatable bonds is 8. The highest BCUT2D eigenvalue weighted by Crippen LogP contribution is 2.29. The average Bonchev–Trinajstić information content (AvgIpc) is 2.50. The van der Waals surface area contributed by atoms with Gasteiger partial charge in [0.25, 0.3) is 0 Å². The Kier molecular flexibility index (Phi) is 7.55. The molecule has 1 aromatic rings. The van der Waals surface area contributed by atoms with E-state index in [4.69, 9.17) is 5.73 Å². The fourth-order valence-corrected chi connectivity index (χ4v) is 2.32. The molecule has 23 heavy (non-hydrogen) atoms. The van der Waals surface area contributed by atoms with Crippen molar-refractivity contribution in [3.63, 3.8) is 0 Å². The van der Waals surface area contributed by atoms with E-state index in [0.717, 1.165) is 31.4 Å². The summed E-state index contributed by atoms with van der Waals surface area (Å²) < 4.78 is 37.6. The van der Waals surface area contributed by atoms with Gasteiger partial charge >= 0.3 is 6.18 Å². The fourth-order valence-electron chi connectivity index (χ4n) is 2.32. The van der Waals surface area contributed by atoms with E-state index in [-0.39, 0.29) is 17.9 Å². The van der Waals surface area contributed by atoms with Gasteiger partial charge in [-0.05, 0) is 30.5 Å². The molecule has 0 aliphatic carbocycles. The van der Waals surface area contributed by atoms with Gasteiger partial charge in [-0.2, -0.15) is 13.2 Å². The molecular weight excluding hydrogens is 305 g/mol. The van der Waals surface area contributed by atoms with Gasteiger partial charge in [0.2, 0.25) is 5.91 Å². The predicted molar refractivity (Wildman–Crippen MR) is 84.8 cm³/mol. The largest absolute Gasteiger partial charge is 0.416 e. The number of carbonyl (C=O) groups excluding carboxylic acids is 1. The maximum atomic E-state index is 12.5. The van der Waals surface area contributed by atoms with Crippen molar-refractivity contribution in [2.75, 3.05) is 6.54 Å². The highest BCUT2D eigenvalue weighted by Gasteiger charge is 2.30. The van der Waals surface area contributed by atoms with E-state index < -0.39 is 11.7 Å². The molecule has 0 aliphatic rings. The van der Waals surface area contributed by atoms with Crippen LogP contribution in [0, 0.1) is 5.92 Å². The van der Waals surface area contributed by atoms with Crippen LogP contribution in [-0.2, 0) is 17.4 Å². The molecule has 0 heterocycles. The van der Waals surface area contributed by atoms with Gasteiger partial charge in [-0.3, -0.25) is 4.79 Å². The SMILES string of the molecule is CCCCC(CN)NC(=O)C(C)Cc1ccc(C(F)(F)F)cc1. The van der Waals surface area contributed by atoms with E-state index in [1.807, 2.05) is 0 Å². The van der Waals surface area contributed by atoms with Crippen LogP contribution in [0.2, 0.25) is 0 Å². The first-order valence-electron chi connectivity index (χ1n) is 7.94. The number of amides is 1. The van der Waals surface area contributed by atoms with E-state index in [2.05, 4.69) is 12.2 Å². The Balaban J connectivity index is 2.57. The topological polar surface area (TPSA) is 55.1 Å². The number of halogens is 3. The van der Waals surface area contributed by atoms with Gasteiger partial charge in [0.15, 0.2) is 0 Å². The van der Waals surface area contributed by atoms with Crippen LogP contribution in [0.5, 0.6) is 0 Å². The lowest BCUT2D eigenvalue weighted by Gasteiger charge is -2.19. The Morgan fingerprint density at radius 3 is 2.35 bits per heavy atom. The minimum atomic E-state index is -4.34. The second-order valence-electron chi connectivity index (χ2n) is 5.88. The highest BCUT2D eigenvalue weighted by molar-refractivity contribution is 5.78. The number of hydrogen-bond donors (Lipinski definition) is 2. The molecule has 0 aromatic heterocycles. The Morgan fingerprint density at radius 2 is 1.87 bits per heavy atom. The van der Waals surface area contributed by atoms with Crippen LogP contribution in [0.4, 0.5) is 13.2 Å². The fraction of sp³-hybridized carbons (Fsp3) is 0.588. The molecule has 2 atom stereocenters. The van der Waals surface area contributed by atoms with Gasteiger partial charge in [0, 0.05) is 18.5 Å². The molecule has 130 valence electrons. The standard InChI is InChI=1S/C17H25F3N2O/c1-3-4-5-15(11-21)22-16(23)12(2)10-13-6-8-14(9-7-13)17(18,19)20/h6-9,12,15H,3-5,10-11,21H2,1-2H3,(H,22,23). The quantitative estimate of drug-likeness (QED) is 0.766. The minimum absolute atomic E-state index is 0.0440. The zero-order valence-electron chi connectivity index (χ0n) is 13.6. The van der Waals surface area contributed by atoms with Crippen molar-refractivity contribution >= 4 is 5.91 Å². The van der Waals surface area contributed by atoms with Crippen molar-refractivity contribution in [3.8, 4) is 0 Å². The molecule has 1 rings (SSSR count). The van der Waals surface area contributed by atoms with Gasteiger partial charge in [-0.1, -0.05) is 38.8 Å². The zero-order chi connectivity index (χ0) is 17.5. The lowest BCUT2D eigenvalue weighted by Crippen LogP contribution is -2.42. The molecule has 6 heteroatoms. The van der Waals surface area contributed by atoms with Crippen molar-refractivity contribution in [1.29, 1.82) is 0 Å². The lowest BCUT2D eigenvalue weighted by atomic mass is 9.98. The minimum Gasteiger partial charge on any atom is -0.352 e. The lowest BCUT2D eigenvalue weighted by molar-refractivity contribution is -0.137. The van der Waals surface area contributed by atoms with Crippen molar-refractivity contribution in [2.24, 2.45) is 11.7 Å². The van der Waals surface area contributed by atoms with Crippen molar-refractivity contribution in [2.45, 2.75) is 51.7 Å². The van der Waals surface area contributed by atoms with Gasteiger partial charge < -0.3 is 11.1 Å². The summed E-state index contributed by atoms with van der Waals surface area (Å²) in [6.45, 7) is 4.22. The third-order valence-corrected chi connectivity index (χ3v) is 3.81. The zero-order valence-corrected chi connectivity index (χ0v) is 13.6.